The first kappa shape index (κ1) is 10.9. The summed E-state index contributed by atoms with van der Waals surface area (Å²) in [7, 11) is 0. The molecule has 0 bridgehead atoms. The molecule has 1 aliphatic heterocycles. The van der Waals surface area contributed by atoms with E-state index in [2.05, 4.69) is 0 Å². The minimum absolute atomic E-state index is 0.217. The molecule has 1 amide bonds. The Kier molecular flexibility index (Phi) is 3.62. The van der Waals surface area contributed by atoms with Crippen molar-refractivity contribution in [2.24, 2.45) is 11.7 Å². The lowest BCUT2D eigenvalue weighted by Gasteiger charge is -2.31. The van der Waals surface area contributed by atoms with Gasteiger partial charge in [0.15, 0.2) is 0 Å². The first-order valence-electron chi connectivity index (χ1n) is 6.31. The van der Waals surface area contributed by atoms with E-state index < -0.39 is 0 Å². The molecule has 0 spiro atoms. The van der Waals surface area contributed by atoms with Gasteiger partial charge in [-0.2, -0.15) is 0 Å². The van der Waals surface area contributed by atoms with Gasteiger partial charge in [-0.3, -0.25) is 4.79 Å². The summed E-state index contributed by atoms with van der Waals surface area (Å²) >= 11 is 0. The van der Waals surface area contributed by atoms with E-state index in [1.54, 1.807) is 0 Å². The van der Waals surface area contributed by atoms with Gasteiger partial charge in [-0.05, 0) is 31.6 Å². The predicted octanol–water partition coefficient (Wildman–Crippen LogP) is 1.52. The number of carbonyl (C=O) groups excluding carboxylic acids is 1. The summed E-state index contributed by atoms with van der Waals surface area (Å²) in [5.74, 6) is 0.981. The van der Waals surface area contributed by atoms with Crippen LogP contribution in [0.25, 0.3) is 0 Å². The van der Waals surface area contributed by atoms with Crippen molar-refractivity contribution in [3.8, 4) is 0 Å². The highest BCUT2D eigenvalue weighted by atomic mass is 16.2. The summed E-state index contributed by atoms with van der Waals surface area (Å²) in [5, 5.41) is 0. The Morgan fingerprint density at radius 2 is 2.00 bits per heavy atom. The van der Waals surface area contributed by atoms with Gasteiger partial charge in [0.05, 0.1) is 0 Å². The lowest BCUT2D eigenvalue weighted by Crippen LogP contribution is -2.46. The second-order valence-corrected chi connectivity index (χ2v) is 5.01. The van der Waals surface area contributed by atoms with Gasteiger partial charge < -0.3 is 10.6 Å². The molecular weight excluding hydrogens is 188 g/mol. The molecule has 1 heterocycles. The predicted molar refractivity (Wildman–Crippen MR) is 60.4 cm³/mol. The lowest BCUT2D eigenvalue weighted by molar-refractivity contribution is -0.133. The van der Waals surface area contributed by atoms with Gasteiger partial charge >= 0.3 is 0 Å². The summed E-state index contributed by atoms with van der Waals surface area (Å²) < 4.78 is 0. The maximum Gasteiger partial charge on any atom is 0.222 e. The minimum atomic E-state index is 0.217. The summed E-state index contributed by atoms with van der Waals surface area (Å²) in [6.45, 7) is 1.72. The molecule has 1 unspecified atom stereocenters. The molecule has 0 radical (unpaired) electrons. The molecule has 3 nitrogen and oxygen atoms in total. The Bertz CT molecular complexity index is 224. The molecule has 86 valence electrons. The van der Waals surface area contributed by atoms with Crippen molar-refractivity contribution in [1.29, 1.82) is 0 Å². The molecule has 2 rings (SSSR count). The molecule has 1 saturated carbocycles. The van der Waals surface area contributed by atoms with Crippen molar-refractivity contribution in [3.05, 3.63) is 0 Å². The van der Waals surface area contributed by atoms with E-state index in [1.807, 2.05) is 4.90 Å². The molecule has 0 aromatic rings. The van der Waals surface area contributed by atoms with Gasteiger partial charge in [0.1, 0.15) is 0 Å². The average Bonchev–Trinajstić information content (AvgIpc) is 2.74. The van der Waals surface area contributed by atoms with E-state index in [0.717, 1.165) is 32.4 Å². The quantitative estimate of drug-likeness (QED) is 0.767. The largest absolute Gasteiger partial charge is 0.341 e. The van der Waals surface area contributed by atoms with Crippen LogP contribution in [0.5, 0.6) is 0 Å². The van der Waals surface area contributed by atoms with Crippen molar-refractivity contribution < 1.29 is 4.79 Å². The second-order valence-electron chi connectivity index (χ2n) is 5.01. The number of nitrogens with two attached hydrogens (primary N) is 1. The molecule has 2 aliphatic rings. The fourth-order valence-corrected chi connectivity index (χ4v) is 2.84. The molecule has 1 atom stereocenters. The number of hydrogen-bond acceptors (Lipinski definition) is 2. The topological polar surface area (TPSA) is 46.3 Å². The first-order chi connectivity index (χ1) is 7.27. The molecular formula is C12H22N2O. The maximum absolute atomic E-state index is 11.6. The third-order valence-electron chi connectivity index (χ3n) is 3.86. The number of nitrogens with zero attached hydrogens (tertiary/aromatic N) is 1. The molecule has 1 saturated heterocycles. The number of carbonyl (C=O) groups is 1. The SMILES string of the molecule is NC(CN1CCCCC1=O)C1CCCC1. The number of likely N-dealkylation sites (tertiary alicyclic amines) is 1. The van der Waals surface area contributed by atoms with E-state index in [0.29, 0.717) is 11.8 Å². The fourth-order valence-electron chi connectivity index (χ4n) is 2.84. The monoisotopic (exact) mass is 210 g/mol. The number of hydrogen-bond donors (Lipinski definition) is 1. The van der Waals surface area contributed by atoms with Crippen LogP contribution >= 0.6 is 0 Å². The van der Waals surface area contributed by atoms with Crippen LogP contribution in [0.1, 0.15) is 44.9 Å². The van der Waals surface area contributed by atoms with Crippen LogP contribution in [0.3, 0.4) is 0 Å². The van der Waals surface area contributed by atoms with Crippen LogP contribution in [-0.4, -0.2) is 29.9 Å². The summed E-state index contributed by atoms with van der Waals surface area (Å²) in [6, 6.07) is 0.217. The van der Waals surface area contributed by atoms with E-state index in [4.69, 9.17) is 5.73 Å². The van der Waals surface area contributed by atoms with Gasteiger partial charge in [-0.15, -0.1) is 0 Å². The molecule has 3 heteroatoms. The average molecular weight is 210 g/mol. The van der Waals surface area contributed by atoms with E-state index in [-0.39, 0.29) is 6.04 Å². The van der Waals surface area contributed by atoms with E-state index in [9.17, 15) is 4.79 Å². The van der Waals surface area contributed by atoms with Crippen LogP contribution in [-0.2, 0) is 4.79 Å². The van der Waals surface area contributed by atoms with Crippen molar-refractivity contribution >= 4 is 5.91 Å². The Balaban J connectivity index is 1.81. The van der Waals surface area contributed by atoms with Crippen LogP contribution in [0.15, 0.2) is 0 Å². The zero-order chi connectivity index (χ0) is 10.7. The number of piperidine rings is 1. The standard InChI is InChI=1S/C12H22N2O/c13-11(10-5-1-2-6-10)9-14-8-4-3-7-12(14)15/h10-11H,1-9,13H2. The van der Waals surface area contributed by atoms with Crippen LogP contribution in [0.4, 0.5) is 0 Å². The fraction of sp³-hybridized carbons (Fsp3) is 0.917. The first-order valence-corrected chi connectivity index (χ1v) is 6.31. The summed E-state index contributed by atoms with van der Waals surface area (Å²) in [6.07, 6.45) is 8.14. The summed E-state index contributed by atoms with van der Waals surface area (Å²) in [5.41, 5.74) is 6.18. The minimum Gasteiger partial charge on any atom is -0.341 e. The zero-order valence-corrected chi connectivity index (χ0v) is 9.45. The Labute approximate surface area is 92.0 Å². The molecule has 0 aromatic heterocycles. The summed E-state index contributed by atoms with van der Waals surface area (Å²) in [4.78, 5) is 13.6. The Morgan fingerprint density at radius 1 is 1.27 bits per heavy atom. The maximum atomic E-state index is 11.6. The zero-order valence-electron chi connectivity index (χ0n) is 9.45. The number of rotatable bonds is 3. The van der Waals surface area contributed by atoms with E-state index >= 15 is 0 Å². The second kappa shape index (κ2) is 4.97. The van der Waals surface area contributed by atoms with Gasteiger partial charge in [-0.25, -0.2) is 0 Å². The number of amides is 1. The third-order valence-corrected chi connectivity index (χ3v) is 3.86. The molecule has 1 aliphatic carbocycles. The smallest absolute Gasteiger partial charge is 0.222 e. The Morgan fingerprint density at radius 3 is 2.67 bits per heavy atom. The van der Waals surface area contributed by atoms with Crippen molar-refractivity contribution in [3.63, 3.8) is 0 Å². The van der Waals surface area contributed by atoms with Crippen LogP contribution in [0, 0.1) is 5.92 Å². The molecule has 2 N–H and O–H groups in total. The molecule has 0 aromatic carbocycles. The van der Waals surface area contributed by atoms with E-state index in [1.165, 1.54) is 25.7 Å². The lowest BCUT2D eigenvalue weighted by atomic mass is 9.97. The van der Waals surface area contributed by atoms with Crippen molar-refractivity contribution in [2.75, 3.05) is 13.1 Å². The van der Waals surface area contributed by atoms with Gasteiger partial charge in [-0.1, -0.05) is 12.8 Å². The van der Waals surface area contributed by atoms with Crippen LogP contribution < -0.4 is 5.73 Å². The Hall–Kier alpha value is -0.570. The molecule has 15 heavy (non-hydrogen) atoms. The van der Waals surface area contributed by atoms with Crippen LogP contribution in [0.2, 0.25) is 0 Å². The molecule has 2 fully saturated rings. The van der Waals surface area contributed by atoms with Gasteiger partial charge in [0, 0.05) is 25.6 Å². The van der Waals surface area contributed by atoms with Crippen molar-refractivity contribution in [1.82, 2.24) is 4.90 Å². The highest BCUT2D eigenvalue weighted by Crippen LogP contribution is 2.27. The third kappa shape index (κ3) is 2.71. The highest BCUT2D eigenvalue weighted by Gasteiger charge is 2.26. The van der Waals surface area contributed by atoms with Gasteiger partial charge in [0.2, 0.25) is 5.91 Å². The highest BCUT2D eigenvalue weighted by molar-refractivity contribution is 5.76. The normalized spacial score (nSPS) is 25.9. The van der Waals surface area contributed by atoms with Gasteiger partial charge in [0.25, 0.3) is 0 Å². The van der Waals surface area contributed by atoms with Crippen molar-refractivity contribution in [2.45, 2.75) is 51.0 Å².